The van der Waals surface area contributed by atoms with Crippen molar-refractivity contribution in [2.24, 2.45) is 0 Å². The maximum absolute atomic E-state index is 12.8. The number of nitrogens with zero attached hydrogens (tertiary/aromatic N) is 1. The zero-order chi connectivity index (χ0) is 11.2. The smallest absolute Gasteiger partial charge is 0.123 e. The number of epoxide rings is 1. The highest BCUT2D eigenvalue weighted by molar-refractivity contribution is 5.64. The zero-order valence-corrected chi connectivity index (χ0v) is 8.83. The van der Waals surface area contributed by atoms with Crippen molar-refractivity contribution in [2.45, 2.75) is 12.5 Å². The number of aromatic amines is 1. The summed E-state index contributed by atoms with van der Waals surface area (Å²) in [5.41, 5.74) is 2.63. The Hall–Kier alpha value is -1.68. The van der Waals surface area contributed by atoms with E-state index in [1.54, 1.807) is 18.3 Å². The summed E-state index contributed by atoms with van der Waals surface area (Å²) in [7, 11) is 0. The van der Waals surface area contributed by atoms with Gasteiger partial charge in [-0.3, -0.25) is 5.10 Å². The third-order valence-corrected chi connectivity index (χ3v) is 2.92. The van der Waals surface area contributed by atoms with E-state index in [1.165, 1.54) is 12.1 Å². The molecule has 1 N–H and O–H groups in total. The van der Waals surface area contributed by atoms with Gasteiger partial charge >= 0.3 is 0 Å². The molecule has 1 aliphatic heterocycles. The van der Waals surface area contributed by atoms with Crippen LogP contribution in [0.15, 0.2) is 30.5 Å². The highest BCUT2D eigenvalue weighted by Gasteiger charge is 2.43. The molecule has 0 aliphatic carbocycles. The molecule has 3 nitrogen and oxygen atoms in total. The first kappa shape index (κ1) is 9.54. The van der Waals surface area contributed by atoms with Gasteiger partial charge in [-0.15, -0.1) is 0 Å². The highest BCUT2D eigenvalue weighted by Crippen LogP contribution is 2.41. The number of hydrogen-bond acceptors (Lipinski definition) is 2. The van der Waals surface area contributed by atoms with Crippen LogP contribution in [0.1, 0.15) is 12.5 Å². The van der Waals surface area contributed by atoms with Crippen molar-refractivity contribution in [1.82, 2.24) is 10.2 Å². The topological polar surface area (TPSA) is 41.2 Å². The van der Waals surface area contributed by atoms with Crippen LogP contribution in [0.5, 0.6) is 0 Å². The summed E-state index contributed by atoms with van der Waals surface area (Å²) < 4.78 is 18.2. The first-order chi connectivity index (χ1) is 7.69. The Kier molecular flexibility index (Phi) is 1.88. The molecule has 0 radical (unpaired) electrons. The SMILES string of the molecule is CC1(c2cn[nH]c2-c2ccc(F)cc2)CO1. The zero-order valence-electron chi connectivity index (χ0n) is 8.83. The Labute approximate surface area is 92.3 Å². The van der Waals surface area contributed by atoms with Gasteiger partial charge in [0.2, 0.25) is 0 Å². The molecular formula is C12H11FN2O. The van der Waals surface area contributed by atoms with E-state index in [4.69, 9.17) is 4.74 Å². The van der Waals surface area contributed by atoms with E-state index in [0.717, 1.165) is 16.8 Å². The molecule has 2 aromatic rings. The van der Waals surface area contributed by atoms with E-state index in [0.29, 0.717) is 6.61 Å². The first-order valence-corrected chi connectivity index (χ1v) is 5.13. The number of nitrogens with one attached hydrogen (secondary N) is 1. The number of hydrogen-bond donors (Lipinski definition) is 1. The molecule has 4 heteroatoms. The van der Waals surface area contributed by atoms with Gasteiger partial charge in [-0.25, -0.2) is 4.39 Å². The Balaban J connectivity index is 2.06. The maximum Gasteiger partial charge on any atom is 0.123 e. The van der Waals surface area contributed by atoms with E-state index >= 15 is 0 Å². The van der Waals surface area contributed by atoms with Crippen molar-refractivity contribution in [3.8, 4) is 11.3 Å². The molecule has 1 atom stereocenters. The van der Waals surface area contributed by atoms with Crippen molar-refractivity contribution < 1.29 is 9.13 Å². The van der Waals surface area contributed by atoms with Gasteiger partial charge in [-0.05, 0) is 31.2 Å². The summed E-state index contributed by atoms with van der Waals surface area (Å²) in [6.07, 6.45) is 1.77. The second-order valence-electron chi connectivity index (χ2n) is 4.19. The predicted octanol–water partition coefficient (Wildman–Crippen LogP) is 2.46. The predicted molar refractivity (Wildman–Crippen MR) is 57.3 cm³/mol. The number of H-pyrrole nitrogens is 1. The van der Waals surface area contributed by atoms with Gasteiger partial charge in [0, 0.05) is 11.1 Å². The lowest BCUT2D eigenvalue weighted by Gasteiger charge is -2.06. The molecule has 1 saturated heterocycles. The summed E-state index contributed by atoms with van der Waals surface area (Å²) in [5, 5.41) is 6.96. The minimum absolute atomic E-state index is 0.225. The number of halogens is 1. The fraction of sp³-hybridized carbons (Fsp3) is 0.250. The number of benzene rings is 1. The quantitative estimate of drug-likeness (QED) is 0.786. The second kappa shape index (κ2) is 3.15. The fourth-order valence-corrected chi connectivity index (χ4v) is 1.79. The molecule has 1 aliphatic rings. The lowest BCUT2D eigenvalue weighted by Crippen LogP contribution is -2.02. The Morgan fingerprint density at radius 2 is 2.06 bits per heavy atom. The molecule has 0 saturated carbocycles. The number of rotatable bonds is 2. The van der Waals surface area contributed by atoms with Gasteiger partial charge in [0.25, 0.3) is 0 Å². The van der Waals surface area contributed by atoms with E-state index in [-0.39, 0.29) is 11.4 Å². The van der Waals surface area contributed by atoms with Gasteiger partial charge in [0.15, 0.2) is 0 Å². The van der Waals surface area contributed by atoms with Gasteiger partial charge in [0.1, 0.15) is 11.4 Å². The van der Waals surface area contributed by atoms with Gasteiger partial charge in [0.05, 0.1) is 18.5 Å². The summed E-state index contributed by atoms with van der Waals surface area (Å²) >= 11 is 0. The molecule has 1 aromatic heterocycles. The van der Waals surface area contributed by atoms with Crippen LogP contribution in [0.3, 0.4) is 0 Å². The molecule has 0 spiro atoms. The van der Waals surface area contributed by atoms with Crippen LogP contribution in [-0.2, 0) is 10.3 Å². The molecule has 0 bridgehead atoms. The van der Waals surface area contributed by atoms with Crippen LogP contribution in [0.4, 0.5) is 4.39 Å². The summed E-state index contributed by atoms with van der Waals surface area (Å²) in [4.78, 5) is 0. The summed E-state index contributed by atoms with van der Waals surface area (Å²) in [6.45, 7) is 2.73. The van der Waals surface area contributed by atoms with E-state index in [2.05, 4.69) is 10.2 Å². The van der Waals surface area contributed by atoms with Crippen LogP contribution >= 0.6 is 0 Å². The minimum atomic E-state index is -0.237. The molecule has 16 heavy (non-hydrogen) atoms. The van der Waals surface area contributed by atoms with Crippen molar-refractivity contribution in [3.63, 3.8) is 0 Å². The normalized spacial score (nSPS) is 23.4. The van der Waals surface area contributed by atoms with Crippen molar-refractivity contribution in [2.75, 3.05) is 6.61 Å². The highest BCUT2D eigenvalue weighted by atomic mass is 19.1. The molecule has 2 heterocycles. The third kappa shape index (κ3) is 1.42. The Bertz CT molecular complexity index is 514. The van der Waals surface area contributed by atoms with Crippen molar-refractivity contribution in [1.29, 1.82) is 0 Å². The van der Waals surface area contributed by atoms with E-state index < -0.39 is 0 Å². The molecule has 3 rings (SSSR count). The molecule has 1 aromatic carbocycles. The fourth-order valence-electron chi connectivity index (χ4n) is 1.79. The van der Waals surface area contributed by atoms with Crippen LogP contribution in [0, 0.1) is 5.82 Å². The molecule has 0 amide bonds. The minimum Gasteiger partial charge on any atom is -0.365 e. The molecule has 82 valence electrons. The standard InChI is InChI=1S/C12H11FN2O/c1-12(7-16-12)10-6-14-15-11(10)8-2-4-9(13)5-3-8/h2-6H,7H2,1H3,(H,14,15). The summed E-state index contributed by atoms with van der Waals surface area (Å²) in [6, 6.07) is 6.35. The monoisotopic (exact) mass is 218 g/mol. The number of aromatic nitrogens is 2. The maximum atomic E-state index is 12.8. The average molecular weight is 218 g/mol. The van der Waals surface area contributed by atoms with Crippen LogP contribution < -0.4 is 0 Å². The van der Waals surface area contributed by atoms with Crippen LogP contribution in [0.25, 0.3) is 11.3 Å². The van der Waals surface area contributed by atoms with Crippen LogP contribution in [0.2, 0.25) is 0 Å². The summed E-state index contributed by atoms with van der Waals surface area (Å²) in [5.74, 6) is -0.237. The Morgan fingerprint density at radius 1 is 1.38 bits per heavy atom. The van der Waals surface area contributed by atoms with E-state index in [9.17, 15) is 4.39 Å². The largest absolute Gasteiger partial charge is 0.365 e. The first-order valence-electron chi connectivity index (χ1n) is 5.13. The van der Waals surface area contributed by atoms with Gasteiger partial charge in [-0.2, -0.15) is 5.10 Å². The molecule has 1 unspecified atom stereocenters. The lowest BCUT2D eigenvalue weighted by atomic mass is 9.99. The average Bonchev–Trinajstić information content (AvgIpc) is 2.84. The van der Waals surface area contributed by atoms with Crippen molar-refractivity contribution in [3.05, 3.63) is 41.8 Å². The van der Waals surface area contributed by atoms with Crippen molar-refractivity contribution >= 4 is 0 Å². The lowest BCUT2D eigenvalue weighted by molar-refractivity contribution is 0.330. The van der Waals surface area contributed by atoms with E-state index in [1.807, 2.05) is 6.92 Å². The molecular weight excluding hydrogens is 207 g/mol. The van der Waals surface area contributed by atoms with Gasteiger partial charge < -0.3 is 4.74 Å². The Morgan fingerprint density at radius 3 is 2.69 bits per heavy atom. The number of ether oxygens (including phenoxy) is 1. The van der Waals surface area contributed by atoms with Crippen LogP contribution in [-0.4, -0.2) is 16.8 Å². The third-order valence-electron chi connectivity index (χ3n) is 2.92. The molecule has 1 fully saturated rings. The van der Waals surface area contributed by atoms with Gasteiger partial charge in [-0.1, -0.05) is 0 Å². The second-order valence-corrected chi connectivity index (χ2v) is 4.19.